The van der Waals surface area contributed by atoms with Gasteiger partial charge in [-0.1, -0.05) is 54.6 Å². The van der Waals surface area contributed by atoms with E-state index >= 15 is 0 Å². The Morgan fingerprint density at radius 2 is 1.72 bits per heavy atom. The Hall–Kier alpha value is -3.44. The Kier molecular flexibility index (Phi) is 5.27. The molecule has 0 atom stereocenters. The van der Waals surface area contributed by atoms with Crippen LogP contribution in [0.2, 0.25) is 0 Å². The van der Waals surface area contributed by atoms with E-state index in [-0.39, 0.29) is 5.56 Å². The molecule has 2 heterocycles. The number of rotatable bonds is 5. The fourth-order valence-corrected chi connectivity index (χ4v) is 5.40. The zero-order chi connectivity index (χ0) is 22.2. The summed E-state index contributed by atoms with van der Waals surface area (Å²) in [5.41, 5.74) is 3.10. The molecule has 0 amide bonds. The summed E-state index contributed by atoms with van der Waals surface area (Å²) in [6.07, 6.45) is 0. The summed E-state index contributed by atoms with van der Waals surface area (Å²) in [5, 5.41) is 3.03. The van der Waals surface area contributed by atoms with Gasteiger partial charge in [-0.2, -0.15) is 0 Å². The normalized spacial score (nSPS) is 11.3. The number of benzene rings is 3. The molecule has 0 radical (unpaired) electrons. The van der Waals surface area contributed by atoms with E-state index in [0.29, 0.717) is 18.5 Å². The largest absolute Gasteiger partial charge is 0.494 e. The van der Waals surface area contributed by atoms with Crippen molar-refractivity contribution >= 4 is 32.3 Å². The van der Waals surface area contributed by atoms with Crippen LogP contribution in [0.15, 0.2) is 71.5 Å². The maximum Gasteiger partial charge on any atom is 0.263 e. The van der Waals surface area contributed by atoms with E-state index in [0.717, 1.165) is 43.4 Å². The van der Waals surface area contributed by atoms with E-state index in [1.54, 1.807) is 15.9 Å². The lowest BCUT2D eigenvalue weighted by atomic mass is 10.0. The second-order valence-corrected chi connectivity index (χ2v) is 9.06. The molecule has 0 bridgehead atoms. The third kappa shape index (κ3) is 3.49. The quantitative estimate of drug-likeness (QED) is 0.320. The number of hydrogen-bond acceptors (Lipinski definition) is 4. The number of thiophene rings is 1. The van der Waals surface area contributed by atoms with E-state index in [4.69, 9.17) is 9.72 Å². The molecule has 0 saturated heterocycles. The van der Waals surface area contributed by atoms with Gasteiger partial charge in [-0.25, -0.2) is 4.98 Å². The molecule has 5 heteroatoms. The summed E-state index contributed by atoms with van der Waals surface area (Å²) < 4.78 is 7.38. The smallest absolute Gasteiger partial charge is 0.263 e. The molecule has 3 aromatic carbocycles. The topological polar surface area (TPSA) is 44.1 Å². The molecule has 0 aliphatic rings. The first-order chi connectivity index (χ1) is 15.6. The molecular weight excluding hydrogens is 416 g/mol. The van der Waals surface area contributed by atoms with E-state index in [1.807, 2.05) is 56.3 Å². The van der Waals surface area contributed by atoms with Gasteiger partial charge >= 0.3 is 0 Å². The van der Waals surface area contributed by atoms with Crippen molar-refractivity contribution in [3.63, 3.8) is 0 Å². The van der Waals surface area contributed by atoms with Gasteiger partial charge in [0.2, 0.25) is 0 Å². The maximum absolute atomic E-state index is 13.8. The van der Waals surface area contributed by atoms with E-state index in [9.17, 15) is 4.79 Å². The number of hydrogen-bond donors (Lipinski definition) is 0. The molecule has 0 unspecified atom stereocenters. The van der Waals surface area contributed by atoms with E-state index in [1.165, 1.54) is 5.39 Å². The first-order valence-corrected chi connectivity index (χ1v) is 11.6. The van der Waals surface area contributed by atoms with Gasteiger partial charge in [0.05, 0.1) is 18.5 Å². The molecule has 5 aromatic rings. The lowest BCUT2D eigenvalue weighted by Crippen LogP contribution is -2.24. The lowest BCUT2D eigenvalue weighted by Gasteiger charge is -2.12. The Labute approximate surface area is 190 Å². The van der Waals surface area contributed by atoms with Crippen LogP contribution in [0.25, 0.3) is 32.1 Å². The Morgan fingerprint density at radius 1 is 0.969 bits per heavy atom. The fraction of sp³-hybridized carbons (Fsp3) is 0.185. The van der Waals surface area contributed by atoms with Gasteiger partial charge in [-0.3, -0.25) is 9.36 Å². The van der Waals surface area contributed by atoms with Gasteiger partial charge in [0.1, 0.15) is 16.4 Å². The summed E-state index contributed by atoms with van der Waals surface area (Å²) >= 11 is 1.58. The first-order valence-electron chi connectivity index (χ1n) is 10.8. The number of fused-ring (bicyclic) bond motifs is 2. The molecule has 32 heavy (non-hydrogen) atoms. The highest BCUT2D eigenvalue weighted by atomic mass is 32.1. The second kappa shape index (κ2) is 8.24. The summed E-state index contributed by atoms with van der Waals surface area (Å²) in [5.74, 6) is 1.56. The third-order valence-electron chi connectivity index (χ3n) is 5.84. The molecule has 0 fully saturated rings. The lowest BCUT2D eigenvalue weighted by molar-refractivity contribution is 0.340. The molecular formula is C27H24N2O2S. The SMILES string of the molecule is CCOc1ccc(-c2c(C)sc3nc(C)n(Cc4cccc5ccccc45)c(=O)c23)cc1. The van der Waals surface area contributed by atoms with Crippen molar-refractivity contribution in [1.82, 2.24) is 9.55 Å². The first kappa shape index (κ1) is 20.5. The second-order valence-electron chi connectivity index (χ2n) is 7.86. The van der Waals surface area contributed by atoms with Crippen LogP contribution in [0.3, 0.4) is 0 Å². The van der Waals surface area contributed by atoms with Gasteiger partial charge < -0.3 is 4.74 Å². The van der Waals surface area contributed by atoms with Crippen LogP contribution in [0.5, 0.6) is 5.75 Å². The van der Waals surface area contributed by atoms with Crippen molar-refractivity contribution in [1.29, 1.82) is 0 Å². The van der Waals surface area contributed by atoms with Gasteiger partial charge in [-0.15, -0.1) is 11.3 Å². The highest BCUT2D eigenvalue weighted by Gasteiger charge is 2.19. The fourth-order valence-electron chi connectivity index (χ4n) is 4.32. The van der Waals surface area contributed by atoms with Crippen LogP contribution >= 0.6 is 11.3 Å². The summed E-state index contributed by atoms with van der Waals surface area (Å²) in [7, 11) is 0. The van der Waals surface area contributed by atoms with Crippen LogP contribution in [-0.2, 0) is 6.54 Å². The minimum Gasteiger partial charge on any atom is -0.494 e. The number of aromatic nitrogens is 2. The molecule has 160 valence electrons. The van der Waals surface area contributed by atoms with Gasteiger partial charge in [-0.05, 0) is 54.8 Å². The number of ether oxygens (including phenoxy) is 1. The standard InChI is InChI=1S/C27H24N2O2S/c1-4-31-22-14-12-20(13-15-22)24-17(2)32-26-25(24)27(30)29(18(3)28-26)16-21-10-7-9-19-8-5-6-11-23(19)21/h5-15H,4,16H2,1-3H3. The molecule has 0 aliphatic heterocycles. The average Bonchev–Trinajstić information content (AvgIpc) is 3.13. The maximum atomic E-state index is 13.8. The Morgan fingerprint density at radius 3 is 2.50 bits per heavy atom. The molecule has 5 rings (SSSR count). The van der Waals surface area contributed by atoms with Crippen LogP contribution in [0.1, 0.15) is 23.2 Å². The van der Waals surface area contributed by atoms with Crippen molar-refractivity contribution in [2.24, 2.45) is 0 Å². The molecule has 0 saturated carbocycles. The van der Waals surface area contributed by atoms with Crippen LogP contribution in [0.4, 0.5) is 0 Å². The van der Waals surface area contributed by atoms with Crippen LogP contribution < -0.4 is 10.3 Å². The number of nitrogens with zero attached hydrogens (tertiary/aromatic N) is 2. The highest BCUT2D eigenvalue weighted by Crippen LogP contribution is 2.36. The van der Waals surface area contributed by atoms with Gasteiger partial charge in [0.25, 0.3) is 5.56 Å². The molecule has 2 aromatic heterocycles. The summed E-state index contributed by atoms with van der Waals surface area (Å²) in [4.78, 5) is 20.5. The summed E-state index contributed by atoms with van der Waals surface area (Å²) in [6, 6.07) is 22.5. The minimum absolute atomic E-state index is 0.00803. The van der Waals surface area contributed by atoms with Crippen molar-refractivity contribution < 1.29 is 4.74 Å². The van der Waals surface area contributed by atoms with Gasteiger partial charge in [0.15, 0.2) is 0 Å². The van der Waals surface area contributed by atoms with Crippen LogP contribution in [0, 0.1) is 13.8 Å². The van der Waals surface area contributed by atoms with Crippen molar-refractivity contribution in [2.75, 3.05) is 6.61 Å². The predicted octanol–water partition coefficient (Wildman–Crippen LogP) is 6.34. The zero-order valence-corrected chi connectivity index (χ0v) is 19.2. The van der Waals surface area contributed by atoms with E-state index < -0.39 is 0 Å². The molecule has 0 N–H and O–H groups in total. The molecule has 4 nitrogen and oxygen atoms in total. The van der Waals surface area contributed by atoms with Crippen molar-refractivity contribution in [3.8, 4) is 16.9 Å². The van der Waals surface area contributed by atoms with E-state index in [2.05, 4.69) is 31.2 Å². The highest BCUT2D eigenvalue weighted by molar-refractivity contribution is 7.19. The Balaban J connectivity index is 1.67. The zero-order valence-electron chi connectivity index (χ0n) is 18.4. The molecule has 0 aliphatic carbocycles. The minimum atomic E-state index is 0.00803. The predicted molar refractivity (Wildman–Crippen MR) is 133 cm³/mol. The van der Waals surface area contributed by atoms with Crippen molar-refractivity contribution in [3.05, 3.63) is 93.3 Å². The monoisotopic (exact) mass is 440 g/mol. The summed E-state index contributed by atoms with van der Waals surface area (Å²) in [6.45, 7) is 7.06. The third-order valence-corrected chi connectivity index (χ3v) is 6.84. The van der Waals surface area contributed by atoms with Crippen molar-refractivity contribution in [2.45, 2.75) is 27.3 Å². The molecule has 0 spiro atoms. The number of aryl methyl sites for hydroxylation is 2. The van der Waals surface area contributed by atoms with Crippen LogP contribution in [-0.4, -0.2) is 16.2 Å². The Bertz CT molecular complexity index is 1490. The van der Waals surface area contributed by atoms with Gasteiger partial charge in [0, 0.05) is 10.4 Å². The average molecular weight is 441 g/mol.